The van der Waals surface area contributed by atoms with E-state index in [-0.39, 0.29) is 5.75 Å². The standard InChI is InChI=1S/C17H14ClFN2OS/c1-22-15-5-3-11(9-14(15)19)17-20-7-8-21(17)12-4-6-16(23-2)13(18)10-12/h3-10H,1-2H3. The number of nitrogens with zero attached hydrogens (tertiary/aromatic N) is 2. The van der Waals surface area contributed by atoms with E-state index >= 15 is 0 Å². The van der Waals surface area contributed by atoms with E-state index in [4.69, 9.17) is 16.3 Å². The van der Waals surface area contributed by atoms with Crippen molar-refractivity contribution >= 4 is 23.4 Å². The summed E-state index contributed by atoms with van der Waals surface area (Å²) in [7, 11) is 1.44. The highest BCUT2D eigenvalue weighted by Crippen LogP contribution is 2.30. The molecule has 0 fully saturated rings. The number of ether oxygens (including phenoxy) is 1. The predicted molar refractivity (Wildman–Crippen MR) is 92.3 cm³/mol. The molecule has 1 aromatic heterocycles. The molecule has 3 aromatic rings. The maximum atomic E-state index is 14.0. The summed E-state index contributed by atoms with van der Waals surface area (Å²) < 4.78 is 20.8. The minimum atomic E-state index is -0.421. The molecule has 6 heteroatoms. The highest BCUT2D eigenvalue weighted by Gasteiger charge is 2.12. The van der Waals surface area contributed by atoms with Gasteiger partial charge in [-0.1, -0.05) is 11.6 Å². The number of thioether (sulfide) groups is 1. The molecule has 0 aliphatic rings. The SMILES string of the molecule is COc1ccc(-c2nccn2-c2ccc(SC)c(Cl)c2)cc1F. The lowest BCUT2D eigenvalue weighted by molar-refractivity contribution is 0.386. The maximum Gasteiger partial charge on any atom is 0.165 e. The van der Waals surface area contributed by atoms with Crippen LogP contribution in [0.1, 0.15) is 0 Å². The van der Waals surface area contributed by atoms with Crippen LogP contribution < -0.4 is 4.74 Å². The molecule has 0 N–H and O–H groups in total. The van der Waals surface area contributed by atoms with E-state index < -0.39 is 5.82 Å². The third kappa shape index (κ3) is 3.07. The van der Waals surface area contributed by atoms with Gasteiger partial charge in [0.2, 0.25) is 0 Å². The molecule has 3 nitrogen and oxygen atoms in total. The van der Waals surface area contributed by atoms with Crippen molar-refractivity contribution in [1.29, 1.82) is 0 Å². The van der Waals surface area contributed by atoms with Crippen LogP contribution in [-0.2, 0) is 0 Å². The summed E-state index contributed by atoms with van der Waals surface area (Å²) in [6, 6.07) is 10.6. The van der Waals surface area contributed by atoms with Crippen molar-refractivity contribution in [2.45, 2.75) is 4.90 Å². The lowest BCUT2D eigenvalue weighted by Crippen LogP contribution is -1.97. The van der Waals surface area contributed by atoms with Crippen molar-refractivity contribution in [2.75, 3.05) is 13.4 Å². The molecular weight excluding hydrogens is 335 g/mol. The quantitative estimate of drug-likeness (QED) is 0.616. The van der Waals surface area contributed by atoms with Gasteiger partial charge >= 0.3 is 0 Å². The topological polar surface area (TPSA) is 27.1 Å². The van der Waals surface area contributed by atoms with Gasteiger partial charge in [0.1, 0.15) is 5.82 Å². The summed E-state index contributed by atoms with van der Waals surface area (Å²) in [6.45, 7) is 0. The summed E-state index contributed by atoms with van der Waals surface area (Å²) >= 11 is 7.87. The molecule has 0 aliphatic carbocycles. The summed E-state index contributed by atoms with van der Waals surface area (Å²) in [5.41, 5.74) is 1.54. The Bertz CT molecular complexity index is 782. The number of halogens is 2. The van der Waals surface area contributed by atoms with E-state index in [0.717, 1.165) is 10.6 Å². The molecule has 118 valence electrons. The van der Waals surface area contributed by atoms with E-state index in [1.54, 1.807) is 30.1 Å². The van der Waals surface area contributed by atoms with Crippen molar-refractivity contribution < 1.29 is 9.13 Å². The molecule has 0 atom stereocenters. The Balaban J connectivity index is 2.06. The fourth-order valence-corrected chi connectivity index (χ4v) is 3.20. The molecule has 0 saturated heterocycles. The summed E-state index contributed by atoms with van der Waals surface area (Å²) in [6.07, 6.45) is 5.47. The number of imidazole rings is 1. The highest BCUT2D eigenvalue weighted by molar-refractivity contribution is 7.98. The van der Waals surface area contributed by atoms with Gasteiger partial charge in [-0.3, -0.25) is 4.57 Å². The van der Waals surface area contributed by atoms with Gasteiger partial charge in [0.15, 0.2) is 11.6 Å². The lowest BCUT2D eigenvalue weighted by atomic mass is 10.2. The monoisotopic (exact) mass is 348 g/mol. The van der Waals surface area contributed by atoms with Crippen LogP contribution in [0.3, 0.4) is 0 Å². The van der Waals surface area contributed by atoms with Gasteiger partial charge in [0, 0.05) is 28.5 Å². The number of rotatable bonds is 4. The molecule has 0 bridgehead atoms. The van der Waals surface area contributed by atoms with Gasteiger partial charge in [0.25, 0.3) is 0 Å². The lowest BCUT2D eigenvalue weighted by Gasteiger charge is -2.11. The minimum Gasteiger partial charge on any atom is -0.494 e. The molecule has 0 aliphatic heterocycles. The van der Waals surface area contributed by atoms with E-state index in [1.165, 1.54) is 13.2 Å². The van der Waals surface area contributed by atoms with Gasteiger partial charge in [-0.15, -0.1) is 11.8 Å². The van der Waals surface area contributed by atoms with Gasteiger partial charge in [0.05, 0.1) is 12.1 Å². The Morgan fingerprint density at radius 3 is 2.70 bits per heavy atom. The van der Waals surface area contributed by atoms with Crippen molar-refractivity contribution in [3.8, 4) is 22.8 Å². The molecule has 0 unspecified atom stereocenters. The smallest absolute Gasteiger partial charge is 0.165 e. The molecule has 0 radical (unpaired) electrons. The predicted octanol–water partition coefficient (Wildman–Crippen LogP) is 5.06. The van der Waals surface area contributed by atoms with E-state index in [2.05, 4.69) is 4.98 Å². The van der Waals surface area contributed by atoms with Gasteiger partial charge in [-0.25, -0.2) is 9.37 Å². The Labute approximate surface area is 143 Å². The first-order valence-electron chi connectivity index (χ1n) is 6.85. The average molecular weight is 349 g/mol. The van der Waals surface area contributed by atoms with Crippen LogP contribution in [0.25, 0.3) is 17.1 Å². The zero-order chi connectivity index (χ0) is 16.4. The first-order chi connectivity index (χ1) is 11.1. The number of methoxy groups -OCH3 is 1. The van der Waals surface area contributed by atoms with Crippen molar-refractivity contribution in [3.63, 3.8) is 0 Å². The Morgan fingerprint density at radius 1 is 1.22 bits per heavy atom. The summed E-state index contributed by atoms with van der Waals surface area (Å²) in [5, 5.41) is 0.676. The molecule has 3 rings (SSSR count). The second-order valence-corrected chi connectivity index (χ2v) is 6.04. The zero-order valence-corrected chi connectivity index (χ0v) is 14.2. The first kappa shape index (κ1) is 15.9. The van der Waals surface area contributed by atoms with Gasteiger partial charge < -0.3 is 4.74 Å². The van der Waals surface area contributed by atoms with Crippen LogP contribution in [0.4, 0.5) is 4.39 Å². The second-order valence-electron chi connectivity index (χ2n) is 4.79. The van der Waals surface area contributed by atoms with Crippen LogP contribution >= 0.6 is 23.4 Å². The average Bonchev–Trinajstić information content (AvgIpc) is 3.04. The largest absolute Gasteiger partial charge is 0.494 e. The maximum absolute atomic E-state index is 14.0. The second kappa shape index (κ2) is 6.64. The molecule has 0 amide bonds. The minimum absolute atomic E-state index is 0.208. The number of benzene rings is 2. The number of hydrogen-bond acceptors (Lipinski definition) is 3. The molecule has 1 heterocycles. The van der Waals surface area contributed by atoms with Gasteiger partial charge in [-0.05, 0) is 42.7 Å². The summed E-state index contributed by atoms with van der Waals surface area (Å²) in [4.78, 5) is 5.35. The van der Waals surface area contributed by atoms with Crippen LogP contribution in [0.15, 0.2) is 53.7 Å². The van der Waals surface area contributed by atoms with E-state index in [0.29, 0.717) is 16.4 Å². The van der Waals surface area contributed by atoms with E-state index in [9.17, 15) is 4.39 Å². The highest BCUT2D eigenvalue weighted by atomic mass is 35.5. The summed E-state index contributed by atoms with van der Waals surface area (Å²) in [5.74, 6) is 0.425. The van der Waals surface area contributed by atoms with Gasteiger partial charge in [-0.2, -0.15) is 0 Å². The number of hydrogen-bond donors (Lipinski definition) is 0. The van der Waals surface area contributed by atoms with Crippen LogP contribution in [-0.4, -0.2) is 22.9 Å². The van der Waals surface area contributed by atoms with Crippen molar-refractivity contribution in [3.05, 3.63) is 59.6 Å². The third-order valence-electron chi connectivity index (χ3n) is 3.46. The Hall–Kier alpha value is -1.98. The molecule has 2 aromatic carbocycles. The molecular formula is C17H14ClFN2OS. The first-order valence-corrected chi connectivity index (χ1v) is 8.45. The zero-order valence-electron chi connectivity index (χ0n) is 12.6. The fraction of sp³-hybridized carbons (Fsp3) is 0.118. The fourth-order valence-electron chi connectivity index (χ4n) is 2.34. The molecule has 0 saturated carbocycles. The Kier molecular flexibility index (Phi) is 4.59. The van der Waals surface area contributed by atoms with E-state index in [1.807, 2.05) is 35.2 Å². The van der Waals surface area contributed by atoms with Crippen LogP contribution in [0.5, 0.6) is 5.75 Å². The molecule has 23 heavy (non-hydrogen) atoms. The van der Waals surface area contributed by atoms with Crippen LogP contribution in [0, 0.1) is 5.82 Å². The number of aromatic nitrogens is 2. The normalized spacial score (nSPS) is 10.8. The van der Waals surface area contributed by atoms with Crippen molar-refractivity contribution in [1.82, 2.24) is 9.55 Å². The molecule has 0 spiro atoms. The Morgan fingerprint density at radius 2 is 2.04 bits per heavy atom. The van der Waals surface area contributed by atoms with Crippen LogP contribution in [0.2, 0.25) is 5.02 Å². The third-order valence-corrected chi connectivity index (χ3v) is 4.68. The van der Waals surface area contributed by atoms with Crippen molar-refractivity contribution in [2.24, 2.45) is 0 Å².